The lowest BCUT2D eigenvalue weighted by molar-refractivity contribution is -0.384. The Morgan fingerprint density at radius 1 is 1.47 bits per heavy atom. The van der Waals surface area contributed by atoms with Gasteiger partial charge in [0.05, 0.1) is 17.1 Å². The quantitative estimate of drug-likeness (QED) is 0.610. The van der Waals surface area contributed by atoms with E-state index in [-0.39, 0.29) is 12.3 Å². The van der Waals surface area contributed by atoms with Crippen molar-refractivity contribution in [1.82, 2.24) is 0 Å². The van der Waals surface area contributed by atoms with E-state index < -0.39 is 10.5 Å². The molecule has 0 spiro atoms. The molecular formula is C12H18N2O3. The summed E-state index contributed by atoms with van der Waals surface area (Å²) < 4.78 is 0. The summed E-state index contributed by atoms with van der Waals surface area (Å²) in [5, 5.41) is 23.2. The van der Waals surface area contributed by atoms with Crippen LogP contribution in [0.4, 0.5) is 11.4 Å². The maximum atomic E-state index is 10.7. The molecule has 0 bridgehead atoms. The minimum atomic E-state index is -0.457. The predicted octanol–water partition coefficient (Wildman–Crippen LogP) is 2.48. The number of hydrogen-bond acceptors (Lipinski definition) is 4. The van der Waals surface area contributed by atoms with Gasteiger partial charge in [-0.15, -0.1) is 0 Å². The second-order valence-electron chi connectivity index (χ2n) is 4.51. The fraction of sp³-hybridized carbons (Fsp3) is 0.500. The number of non-ortho nitro benzene ring substituents is 1. The molecule has 1 unspecified atom stereocenters. The number of nitrogens with zero attached hydrogens (tertiary/aromatic N) is 1. The molecule has 1 atom stereocenters. The van der Waals surface area contributed by atoms with Crippen molar-refractivity contribution in [1.29, 1.82) is 0 Å². The second-order valence-corrected chi connectivity index (χ2v) is 4.51. The summed E-state index contributed by atoms with van der Waals surface area (Å²) in [5.41, 5.74) is 1.08. The van der Waals surface area contributed by atoms with Crippen LogP contribution in [0.25, 0.3) is 0 Å². The zero-order valence-electron chi connectivity index (χ0n) is 10.4. The molecule has 2 N–H and O–H groups in total. The van der Waals surface area contributed by atoms with Crippen LogP contribution in [0.1, 0.15) is 25.8 Å². The van der Waals surface area contributed by atoms with Crippen molar-refractivity contribution >= 4 is 11.4 Å². The third-order valence-electron chi connectivity index (χ3n) is 2.85. The standard InChI is InChI=1S/C12H18N2O3/c1-4-12(3,8-15)13-10-5-9(2)6-11(7-10)14(16)17/h5-7,13,15H,4,8H2,1-3H3. The molecule has 5 nitrogen and oxygen atoms in total. The Morgan fingerprint density at radius 3 is 2.59 bits per heavy atom. The highest BCUT2D eigenvalue weighted by atomic mass is 16.6. The number of nitro groups is 1. The number of rotatable bonds is 5. The van der Waals surface area contributed by atoms with E-state index in [1.807, 2.05) is 19.9 Å². The number of anilines is 1. The molecular weight excluding hydrogens is 220 g/mol. The van der Waals surface area contributed by atoms with Crippen molar-refractivity contribution < 1.29 is 10.0 Å². The molecule has 0 radical (unpaired) electrons. The van der Waals surface area contributed by atoms with Crippen molar-refractivity contribution in [3.63, 3.8) is 0 Å². The number of aryl methyl sites for hydroxylation is 1. The Balaban J connectivity index is 3.02. The molecule has 1 aromatic rings. The van der Waals surface area contributed by atoms with Crippen molar-refractivity contribution in [3.05, 3.63) is 33.9 Å². The average Bonchev–Trinajstić information content (AvgIpc) is 2.28. The van der Waals surface area contributed by atoms with Gasteiger partial charge in [-0.1, -0.05) is 6.92 Å². The van der Waals surface area contributed by atoms with Gasteiger partial charge in [-0.05, 0) is 31.9 Å². The fourth-order valence-electron chi connectivity index (χ4n) is 1.53. The lowest BCUT2D eigenvalue weighted by Gasteiger charge is -2.28. The van der Waals surface area contributed by atoms with Crippen molar-refractivity contribution in [2.75, 3.05) is 11.9 Å². The topological polar surface area (TPSA) is 75.4 Å². The highest BCUT2D eigenvalue weighted by molar-refractivity contribution is 5.55. The minimum absolute atomic E-state index is 0.0226. The summed E-state index contributed by atoms with van der Waals surface area (Å²) in [6.45, 7) is 5.61. The maximum absolute atomic E-state index is 10.7. The zero-order chi connectivity index (χ0) is 13.1. The van der Waals surface area contributed by atoms with Gasteiger partial charge in [0, 0.05) is 17.8 Å². The molecule has 1 rings (SSSR count). The molecule has 0 amide bonds. The maximum Gasteiger partial charge on any atom is 0.271 e. The van der Waals surface area contributed by atoms with E-state index in [0.717, 1.165) is 12.0 Å². The second kappa shape index (κ2) is 5.14. The number of nitrogens with one attached hydrogen (secondary N) is 1. The largest absolute Gasteiger partial charge is 0.394 e. The van der Waals surface area contributed by atoms with Gasteiger partial charge in [0.1, 0.15) is 0 Å². The van der Waals surface area contributed by atoms with Crippen LogP contribution in [0, 0.1) is 17.0 Å². The van der Waals surface area contributed by atoms with Crippen LogP contribution in [-0.4, -0.2) is 22.2 Å². The molecule has 0 heterocycles. The van der Waals surface area contributed by atoms with Crippen LogP contribution >= 0.6 is 0 Å². The smallest absolute Gasteiger partial charge is 0.271 e. The van der Waals surface area contributed by atoms with Gasteiger partial charge in [-0.25, -0.2) is 0 Å². The molecule has 0 saturated carbocycles. The number of benzene rings is 1. The molecule has 17 heavy (non-hydrogen) atoms. The van der Waals surface area contributed by atoms with Gasteiger partial charge in [0.15, 0.2) is 0 Å². The molecule has 5 heteroatoms. The first-order chi connectivity index (χ1) is 7.90. The van der Waals surface area contributed by atoms with Crippen LogP contribution in [0.5, 0.6) is 0 Å². The summed E-state index contributed by atoms with van der Waals surface area (Å²) in [6.07, 6.45) is 0.727. The monoisotopic (exact) mass is 238 g/mol. The summed E-state index contributed by atoms with van der Waals surface area (Å²) >= 11 is 0. The molecule has 0 fully saturated rings. The Bertz CT molecular complexity index is 414. The highest BCUT2D eigenvalue weighted by Gasteiger charge is 2.21. The normalized spacial score (nSPS) is 14.1. The summed E-state index contributed by atoms with van der Waals surface area (Å²) in [5.74, 6) is 0. The Morgan fingerprint density at radius 2 is 2.12 bits per heavy atom. The zero-order valence-corrected chi connectivity index (χ0v) is 10.4. The van der Waals surface area contributed by atoms with Gasteiger partial charge >= 0.3 is 0 Å². The van der Waals surface area contributed by atoms with Gasteiger partial charge in [0.2, 0.25) is 0 Å². The van der Waals surface area contributed by atoms with Gasteiger partial charge in [-0.2, -0.15) is 0 Å². The van der Waals surface area contributed by atoms with Gasteiger partial charge < -0.3 is 10.4 Å². The van der Waals surface area contributed by atoms with Crippen LogP contribution < -0.4 is 5.32 Å². The molecule has 94 valence electrons. The van der Waals surface area contributed by atoms with E-state index in [2.05, 4.69) is 5.32 Å². The number of aliphatic hydroxyl groups excluding tert-OH is 1. The molecule has 0 saturated heterocycles. The predicted molar refractivity (Wildman–Crippen MR) is 67.2 cm³/mol. The van der Waals surface area contributed by atoms with Crippen LogP contribution in [-0.2, 0) is 0 Å². The minimum Gasteiger partial charge on any atom is -0.394 e. The number of hydrogen-bond donors (Lipinski definition) is 2. The first-order valence-electron chi connectivity index (χ1n) is 5.55. The third kappa shape index (κ3) is 3.42. The summed E-state index contributed by atoms with van der Waals surface area (Å²) in [6, 6.07) is 4.83. The van der Waals surface area contributed by atoms with Crippen molar-refractivity contribution in [3.8, 4) is 0 Å². The van der Waals surface area contributed by atoms with E-state index in [4.69, 9.17) is 0 Å². The van der Waals surface area contributed by atoms with E-state index in [1.54, 1.807) is 6.92 Å². The lowest BCUT2D eigenvalue weighted by atomic mass is 9.99. The van der Waals surface area contributed by atoms with E-state index in [1.165, 1.54) is 12.1 Å². The first-order valence-corrected chi connectivity index (χ1v) is 5.55. The molecule has 0 aliphatic rings. The average molecular weight is 238 g/mol. The molecule has 0 aliphatic heterocycles. The van der Waals surface area contributed by atoms with Crippen molar-refractivity contribution in [2.24, 2.45) is 0 Å². The van der Waals surface area contributed by atoms with E-state index in [9.17, 15) is 15.2 Å². The Hall–Kier alpha value is -1.62. The van der Waals surface area contributed by atoms with Gasteiger partial charge in [-0.3, -0.25) is 10.1 Å². The van der Waals surface area contributed by atoms with Crippen LogP contribution in [0.3, 0.4) is 0 Å². The Kier molecular flexibility index (Phi) is 4.07. The number of aliphatic hydroxyl groups is 1. The highest BCUT2D eigenvalue weighted by Crippen LogP contribution is 2.24. The summed E-state index contributed by atoms with van der Waals surface area (Å²) in [4.78, 5) is 10.3. The van der Waals surface area contributed by atoms with Crippen LogP contribution in [0.2, 0.25) is 0 Å². The fourth-order valence-corrected chi connectivity index (χ4v) is 1.53. The van der Waals surface area contributed by atoms with E-state index in [0.29, 0.717) is 5.69 Å². The lowest BCUT2D eigenvalue weighted by Crippen LogP contribution is -2.37. The molecule has 1 aromatic carbocycles. The van der Waals surface area contributed by atoms with Crippen molar-refractivity contribution in [2.45, 2.75) is 32.7 Å². The first kappa shape index (κ1) is 13.4. The SMILES string of the molecule is CCC(C)(CO)Nc1cc(C)cc([N+](=O)[O-])c1. The number of nitro benzene ring substituents is 1. The van der Waals surface area contributed by atoms with Gasteiger partial charge in [0.25, 0.3) is 5.69 Å². The molecule has 0 aromatic heterocycles. The van der Waals surface area contributed by atoms with E-state index >= 15 is 0 Å². The van der Waals surface area contributed by atoms with Crippen LogP contribution in [0.15, 0.2) is 18.2 Å². The molecule has 0 aliphatic carbocycles. The Labute approximate surface area is 101 Å². The summed E-state index contributed by atoms with van der Waals surface area (Å²) in [7, 11) is 0. The third-order valence-corrected chi connectivity index (χ3v) is 2.85.